The van der Waals surface area contributed by atoms with Crippen LogP contribution in [0, 0.1) is 11.8 Å². The van der Waals surface area contributed by atoms with Gasteiger partial charge < -0.3 is 0 Å². The Morgan fingerprint density at radius 2 is 2.14 bits per heavy atom. The van der Waals surface area contributed by atoms with Crippen molar-refractivity contribution in [3.63, 3.8) is 0 Å². The number of hydrogen-bond acceptors (Lipinski definition) is 3. The summed E-state index contributed by atoms with van der Waals surface area (Å²) in [5.41, 5.74) is 1.23. The van der Waals surface area contributed by atoms with Crippen molar-refractivity contribution in [3.05, 3.63) is 60.2 Å². The maximum absolute atomic E-state index is 12.3. The standard InChI is InChI=1S/C17H17N3O/c1-2-11-10-13(11)16(21)17-18-15-9-8-14(20(15)19-17)12-6-4-3-5-7-12/h2-7,11,13-14H,1,8-10H2/t11-,13+,14+/m0/s1. The van der Waals surface area contributed by atoms with Crippen LogP contribution in [-0.4, -0.2) is 20.5 Å². The normalized spacial score (nSPS) is 26.4. The van der Waals surface area contributed by atoms with Gasteiger partial charge >= 0.3 is 0 Å². The molecule has 4 heteroatoms. The van der Waals surface area contributed by atoms with E-state index in [0.717, 1.165) is 25.1 Å². The first-order valence-electron chi connectivity index (χ1n) is 7.45. The molecule has 1 aromatic carbocycles. The number of aryl methyl sites for hydroxylation is 1. The van der Waals surface area contributed by atoms with E-state index in [-0.39, 0.29) is 17.7 Å². The van der Waals surface area contributed by atoms with E-state index in [1.807, 2.05) is 29.0 Å². The molecule has 1 fully saturated rings. The predicted octanol–water partition coefficient (Wildman–Crippen LogP) is 2.82. The van der Waals surface area contributed by atoms with Crippen molar-refractivity contribution in [2.75, 3.05) is 0 Å². The smallest absolute Gasteiger partial charge is 0.217 e. The van der Waals surface area contributed by atoms with Gasteiger partial charge in [0.05, 0.1) is 6.04 Å². The summed E-state index contributed by atoms with van der Waals surface area (Å²) in [5, 5.41) is 4.50. The molecule has 0 radical (unpaired) electrons. The Labute approximate surface area is 123 Å². The van der Waals surface area contributed by atoms with E-state index in [4.69, 9.17) is 0 Å². The average molecular weight is 279 g/mol. The SMILES string of the molecule is C=C[C@H]1C[C@H]1C(=O)c1nc2n(n1)[C@@H](c1ccccc1)CC2. The fourth-order valence-corrected chi connectivity index (χ4v) is 3.19. The van der Waals surface area contributed by atoms with Crippen molar-refractivity contribution in [3.8, 4) is 0 Å². The number of aromatic nitrogens is 3. The van der Waals surface area contributed by atoms with E-state index in [0.29, 0.717) is 11.7 Å². The van der Waals surface area contributed by atoms with Crippen LogP contribution in [0.5, 0.6) is 0 Å². The summed E-state index contributed by atoms with van der Waals surface area (Å²) in [7, 11) is 0. The van der Waals surface area contributed by atoms with Crippen LogP contribution in [0.4, 0.5) is 0 Å². The Morgan fingerprint density at radius 1 is 1.33 bits per heavy atom. The molecule has 0 unspecified atom stereocenters. The molecule has 1 aliphatic heterocycles. The number of hydrogen-bond donors (Lipinski definition) is 0. The van der Waals surface area contributed by atoms with Crippen LogP contribution in [-0.2, 0) is 6.42 Å². The first-order valence-corrected chi connectivity index (χ1v) is 7.45. The van der Waals surface area contributed by atoms with Gasteiger partial charge in [-0.1, -0.05) is 36.4 Å². The number of allylic oxidation sites excluding steroid dienone is 1. The van der Waals surface area contributed by atoms with E-state index in [1.54, 1.807) is 0 Å². The van der Waals surface area contributed by atoms with E-state index in [2.05, 4.69) is 28.8 Å². The monoisotopic (exact) mass is 279 g/mol. The summed E-state index contributed by atoms with van der Waals surface area (Å²) in [6, 6.07) is 10.5. The lowest BCUT2D eigenvalue weighted by atomic mass is 10.1. The zero-order chi connectivity index (χ0) is 14.4. The largest absolute Gasteiger partial charge is 0.290 e. The lowest BCUT2D eigenvalue weighted by Crippen LogP contribution is -2.11. The van der Waals surface area contributed by atoms with E-state index in [1.165, 1.54) is 5.56 Å². The first-order chi connectivity index (χ1) is 10.3. The number of carbonyl (C=O) groups excluding carboxylic acids is 1. The first kappa shape index (κ1) is 12.5. The van der Waals surface area contributed by atoms with Crippen molar-refractivity contribution in [2.45, 2.75) is 25.3 Å². The maximum atomic E-state index is 12.3. The van der Waals surface area contributed by atoms with Gasteiger partial charge in [0.2, 0.25) is 11.6 Å². The van der Waals surface area contributed by atoms with Crippen LogP contribution in [0.15, 0.2) is 43.0 Å². The molecule has 0 spiro atoms. The molecule has 1 saturated carbocycles. The molecule has 4 rings (SSSR count). The second kappa shape index (κ2) is 4.65. The second-order valence-corrected chi connectivity index (χ2v) is 5.87. The summed E-state index contributed by atoms with van der Waals surface area (Å²) in [5.74, 6) is 1.78. The number of Topliss-reactive ketones (excluding diaryl/α,β-unsaturated/α-hetero) is 1. The Bertz CT molecular complexity index is 704. The molecule has 3 atom stereocenters. The number of nitrogens with zero attached hydrogens (tertiary/aromatic N) is 3. The fourth-order valence-electron chi connectivity index (χ4n) is 3.19. The Kier molecular flexibility index (Phi) is 2.77. The lowest BCUT2D eigenvalue weighted by molar-refractivity contribution is 0.0953. The zero-order valence-electron chi connectivity index (χ0n) is 11.8. The molecule has 0 bridgehead atoms. The topological polar surface area (TPSA) is 47.8 Å². The van der Waals surface area contributed by atoms with Crippen molar-refractivity contribution in [1.82, 2.24) is 14.8 Å². The lowest BCUT2D eigenvalue weighted by Gasteiger charge is -2.11. The van der Waals surface area contributed by atoms with Gasteiger partial charge in [-0.25, -0.2) is 9.67 Å². The highest BCUT2D eigenvalue weighted by molar-refractivity contribution is 5.96. The Hall–Kier alpha value is -2.23. The maximum Gasteiger partial charge on any atom is 0.217 e. The minimum Gasteiger partial charge on any atom is -0.290 e. The van der Waals surface area contributed by atoms with Crippen LogP contribution in [0.3, 0.4) is 0 Å². The molecular weight excluding hydrogens is 262 g/mol. The number of benzene rings is 1. The summed E-state index contributed by atoms with van der Waals surface area (Å²) in [6.07, 6.45) is 4.65. The van der Waals surface area contributed by atoms with Gasteiger partial charge in [0.15, 0.2) is 0 Å². The highest BCUT2D eigenvalue weighted by atomic mass is 16.1. The number of ketones is 1. The summed E-state index contributed by atoms with van der Waals surface area (Å²) in [4.78, 5) is 16.8. The summed E-state index contributed by atoms with van der Waals surface area (Å²) >= 11 is 0. The van der Waals surface area contributed by atoms with Gasteiger partial charge in [0, 0.05) is 12.3 Å². The number of carbonyl (C=O) groups is 1. The zero-order valence-corrected chi connectivity index (χ0v) is 11.8. The highest BCUT2D eigenvalue weighted by Crippen LogP contribution is 2.41. The molecule has 4 nitrogen and oxygen atoms in total. The molecular formula is C17H17N3O. The number of rotatable bonds is 4. The van der Waals surface area contributed by atoms with Crippen molar-refractivity contribution in [1.29, 1.82) is 0 Å². The highest BCUT2D eigenvalue weighted by Gasteiger charge is 2.43. The van der Waals surface area contributed by atoms with Crippen molar-refractivity contribution in [2.24, 2.45) is 11.8 Å². The number of fused-ring (bicyclic) bond motifs is 1. The molecule has 0 N–H and O–H groups in total. The molecule has 2 aliphatic rings. The summed E-state index contributed by atoms with van der Waals surface area (Å²) in [6.45, 7) is 3.75. The molecule has 1 aromatic heterocycles. The minimum atomic E-state index is 0.0563. The predicted molar refractivity (Wildman–Crippen MR) is 79.0 cm³/mol. The second-order valence-electron chi connectivity index (χ2n) is 5.87. The van der Waals surface area contributed by atoms with Crippen LogP contribution >= 0.6 is 0 Å². The van der Waals surface area contributed by atoms with Crippen molar-refractivity contribution < 1.29 is 4.79 Å². The minimum absolute atomic E-state index is 0.0563. The molecule has 0 amide bonds. The molecule has 1 aliphatic carbocycles. The van der Waals surface area contributed by atoms with Gasteiger partial charge in [0.25, 0.3) is 0 Å². The van der Waals surface area contributed by atoms with Gasteiger partial charge in [-0.3, -0.25) is 4.79 Å². The van der Waals surface area contributed by atoms with Gasteiger partial charge in [-0.2, -0.15) is 0 Å². The Morgan fingerprint density at radius 3 is 2.86 bits per heavy atom. The van der Waals surface area contributed by atoms with E-state index >= 15 is 0 Å². The third kappa shape index (κ3) is 2.02. The third-order valence-electron chi connectivity index (χ3n) is 4.52. The molecule has 106 valence electrons. The molecule has 0 saturated heterocycles. The Balaban J connectivity index is 1.62. The molecule has 2 aromatic rings. The quantitative estimate of drug-likeness (QED) is 0.638. The van der Waals surface area contributed by atoms with Crippen LogP contribution in [0.1, 0.15) is 40.9 Å². The van der Waals surface area contributed by atoms with Gasteiger partial charge in [-0.15, -0.1) is 11.7 Å². The van der Waals surface area contributed by atoms with Crippen LogP contribution < -0.4 is 0 Å². The third-order valence-corrected chi connectivity index (χ3v) is 4.52. The molecule has 21 heavy (non-hydrogen) atoms. The van der Waals surface area contributed by atoms with Crippen molar-refractivity contribution >= 4 is 5.78 Å². The molecule has 2 heterocycles. The van der Waals surface area contributed by atoms with Gasteiger partial charge in [0.1, 0.15) is 5.82 Å². The summed E-state index contributed by atoms with van der Waals surface area (Å²) < 4.78 is 1.94. The van der Waals surface area contributed by atoms with Crippen LogP contribution in [0.25, 0.3) is 0 Å². The fraction of sp³-hybridized carbons (Fsp3) is 0.353. The van der Waals surface area contributed by atoms with E-state index < -0.39 is 0 Å². The van der Waals surface area contributed by atoms with E-state index in [9.17, 15) is 4.79 Å². The van der Waals surface area contributed by atoms with Gasteiger partial charge in [-0.05, 0) is 24.3 Å². The average Bonchev–Trinajstić information content (AvgIpc) is 3.03. The van der Waals surface area contributed by atoms with Crippen LogP contribution in [0.2, 0.25) is 0 Å².